The van der Waals surface area contributed by atoms with Crippen molar-refractivity contribution < 1.29 is 4.79 Å². The second kappa shape index (κ2) is 6.24. The summed E-state index contributed by atoms with van der Waals surface area (Å²) in [5, 5.41) is 3.44. The Morgan fingerprint density at radius 2 is 2.06 bits per heavy atom. The normalized spacial score (nSPS) is 25.8. The topological polar surface area (TPSA) is 32.3 Å². The molecular weight excluding hydrogens is 200 g/mol. The average molecular weight is 226 g/mol. The van der Waals surface area contributed by atoms with Crippen LogP contribution in [0.25, 0.3) is 0 Å². The van der Waals surface area contributed by atoms with Crippen LogP contribution < -0.4 is 5.32 Å². The molecule has 0 spiro atoms. The van der Waals surface area contributed by atoms with Crippen LogP contribution in [-0.2, 0) is 4.79 Å². The minimum atomic E-state index is 0.0590. The van der Waals surface area contributed by atoms with Gasteiger partial charge in [-0.3, -0.25) is 10.1 Å². The van der Waals surface area contributed by atoms with E-state index >= 15 is 0 Å². The average Bonchev–Trinajstić information content (AvgIpc) is 2.53. The number of hydrogen-bond donors (Lipinski definition) is 1. The molecule has 94 valence electrons. The molecule has 0 bridgehead atoms. The van der Waals surface area contributed by atoms with E-state index in [4.69, 9.17) is 0 Å². The van der Waals surface area contributed by atoms with E-state index in [1.54, 1.807) is 0 Å². The zero-order chi connectivity index (χ0) is 12.1. The molecule has 0 radical (unpaired) electrons. The van der Waals surface area contributed by atoms with Crippen molar-refractivity contribution in [2.75, 3.05) is 6.54 Å². The van der Waals surface area contributed by atoms with Crippen molar-refractivity contribution in [3.63, 3.8) is 0 Å². The lowest BCUT2D eigenvalue weighted by Crippen LogP contribution is -2.38. The zero-order valence-electron chi connectivity index (χ0n) is 11.1. The standard InChI is InChI=1S/C13H26N2O/c1-5-7-12-14-11(6-2)13(16)15(12)9-8-10(3)4/h10-12,14H,5-9H2,1-4H3. The van der Waals surface area contributed by atoms with Gasteiger partial charge in [0, 0.05) is 6.54 Å². The molecule has 0 aromatic heterocycles. The van der Waals surface area contributed by atoms with Gasteiger partial charge in [-0.05, 0) is 25.2 Å². The Balaban J connectivity index is 2.57. The predicted molar refractivity (Wildman–Crippen MR) is 67.1 cm³/mol. The van der Waals surface area contributed by atoms with Gasteiger partial charge in [0.05, 0.1) is 12.2 Å². The van der Waals surface area contributed by atoms with Gasteiger partial charge < -0.3 is 4.90 Å². The Hall–Kier alpha value is -0.570. The lowest BCUT2D eigenvalue weighted by Gasteiger charge is -2.24. The third-order valence-corrected chi connectivity index (χ3v) is 3.27. The highest BCUT2D eigenvalue weighted by Gasteiger charge is 2.36. The fourth-order valence-electron chi connectivity index (χ4n) is 2.22. The molecule has 1 saturated heterocycles. The molecule has 3 heteroatoms. The molecule has 3 nitrogen and oxygen atoms in total. The first kappa shape index (κ1) is 13.5. The molecule has 2 atom stereocenters. The summed E-state index contributed by atoms with van der Waals surface area (Å²) in [5.74, 6) is 0.970. The van der Waals surface area contributed by atoms with Crippen molar-refractivity contribution in [3.8, 4) is 0 Å². The quantitative estimate of drug-likeness (QED) is 0.754. The second-order valence-electron chi connectivity index (χ2n) is 5.15. The highest BCUT2D eigenvalue weighted by Crippen LogP contribution is 2.18. The molecule has 0 aliphatic carbocycles. The summed E-state index contributed by atoms with van der Waals surface area (Å²) in [6, 6.07) is 0.0590. The number of nitrogens with zero attached hydrogens (tertiary/aromatic N) is 1. The van der Waals surface area contributed by atoms with Gasteiger partial charge in [-0.1, -0.05) is 34.1 Å². The van der Waals surface area contributed by atoms with E-state index in [2.05, 4.69) is 37.9 Å². The van der Waals surface area contributed by atoms with Crippen LogP contribution in [0.15, 0.2) is 0 Å². The molecule has 2 unspecified atom stereocenters. The van der Waals surface area contributed by atoms with Crippen LogP contribution >= 0.6 is 0 Å². The van der Waals surface area contributed by atoms with Crippen molar-refractivity contribution in [2.24, 2.45) is 5.92 Å². The molecule has 1 aliphatic heterocycles. The van der Waals surface area contributed by atoms with E-state index in [0.29, 0.717) is 11.8 Å². The minimum Gasteiger partial charge on any atom is -0.326 e. The Labute approximate surface area is 99.6 Å². The number of carbonyl (C=O) groups excluding carboxylic acids is 1. The summed E-state index contributed by atoms with van der Waals surface area (Å²) in [4.78, 5) is 14.2. The molecule has 1 heterocycles. The summed E-state index contributed by atoms with van der Waals surface area (Å²) in [6.45, 7) is 9.57. The summed E-state index contributed by atoms with van der Waals surface area (Å²) in [5.41, 5.74) is 0. The highest BCUT2D eigenvalue weighted by molar-refractivity contribution is 5.84. The summed E-state index contributed by atoms with van der Waals surface area (Å²) in [7, 11) is 0. The van der Waals surface area contributed by atoms with Crippen molar-refractivity contribution in [2.45, 2.75) is 65.6 Å². The van der Waals surface area contributed by atoms with Crippen LogP contribution in [-0.4, -0.2) is 29.6 Å². The third-order valence-electron chi connectivity index (χ3n) is 3.27. The first-order valence-corrected chi connectivity index (χ1v) is 6.66. The zero-order valence-corrected chi connectivity index (χ0v) is 11.1. The van der Waals surface area contributed by atoms with Gasteiger partial charge in [0.2, 0.25) is 5.91 Å². The molecular formula is C13H26N2O. The lowest BCUT2D eigenvalue weighted by molar-refractivity contribution is -0.130. The van der Waals surface area contributed by atoms with Crippen LogP contribution in [0.4, 0.5) is 0 Å². The van der Waals surface area contributed by atoms with Crippen LogP contribution in [0.3, 0.4) is 0 Å². The maximum absolute atomic E-state index is 12.1. The monoisotopic (exact) mass is 226 g/mol. The second-order valence-corrected chi connectivity index (χ2v) is 5.15. The van der Waals surface area contributed by atoms with Crippen LogP contribution in [0.1, 0.15) is 53.4 Å². The number of carbonyl (C=O) groups is 1. The van der Waals surface area contributed by atoms with E-state index in [-0.39, 0.29) is 12.2 Å². The molecule has 1 amide bonds. The van der Waals surface area contributed by atoms with Crippen LogP contribution in [0, 0.1) is 5.92 Å². The first-order valence-electron chi connectivity index (χ1n) is 6.66. The van der Waals surface area contributed by atoms with E-state index in [0.717, 1.165) is 32.2 Å². The van der Waals surface area contributed by atoms with Gasteiger partial charge in [0.1, 0.15) is 0 Å². The maximum atomic E-state index is 12.1. The first-order chi connectivity index (χ1) is 7.60. The van der Waals surface area contributed by atoms with Crippen molar-refractivity contribution in [3.05, 3.63) is 0 Å². The van der Waals surface area contributed by atoms with Gasteiger partial charge in [0.15, 0.2) is 0 Å². The molecule has 0 aromatic rings. The van der Waals surface area contributed by atoms with Gasteiger partial charge >= 0.3 is 0 Å². The SMILES string of the molecule is CCCC1NC(CC)C(=O)N1CCC(C)C. The predicted octanol–water partition coefficient (Wildman–Crippen LogP) is 2.37. The highest BCUT2D eigenvalue weighted by atomic mass is 16.2. The summed E-state index contributed by atoms with van der Waals surface area (Å²) in [6.07, 6.45) is 4.47. The fraction of sp³-hybridized carbons (Fsp3) is 0.923. The number of hydrogen-bond acceptors (Lipinski definition) is 2. The lowest BCUT2D eigenvalue weighted by atomic mass is 10.1. The van der Waals surface area contributed by atoms with Gasteiger partial charge in [-0.25, -0.2) is 0 Å². The van der Waals surface area contributed by atoms with E-state index in [1.807, 2.05) is 0 Å². The number of amides is 1. The fourth-order valence-corrected chi connectivity index (χ4v) is 2.22. The summed E-state index contributed by atoms with van der Waals surface area (Å²) >= 11 is 0. The van der Waals surface area contributed by atoms with Gasteiger partial charge in [0.25, 0.3) is 0 Å². The Morgan fingerprint density at radius 3 is 2.56 bits per heavy atom. The third kappa shape index (κ3) is 3.21. The molecule has 1 N–H and O–H groups in total. The maximum Gasteiger partial charge on any atom is 0.241 e. The minimum absolute atomic E-state index is 0.0590. The molecule has 1 aliphatic rings. The smallest absolute Gasteiger partial charge is 0.241 e. The Morgan fingerprint density at radius 1 is 1.38 bits per heavy atom. The molecule has 0 aromatic carbocycles. The van der Waals surface area contributed by atoms with Crippen molar-refractivity contribution in [1.82, 2.24) is 10.2 Å². The molecule has 0 saturated carbocycles. The van der Waals surface area contributed by atoms with Gasteiger partial charge in [-0.15, -0.1) is 0 Å². The van der Waals surface area contributed by atoms with E-state index in [9.17, 15) is 4.79 Å². The Bertz CT molecular complexity index is 228. The van der Waals surface area contributed by atoms with E-state index in [1.165, 1.54) is 0 Å². The number of rotatable bonds is 6. The van der Waals surface area contributed by atoms with Crippen molar-refractivity contribution in [1.29, 1.82) is 0 Å². The Kier molecular flexibility index (Phi) is 5.26. The van der Waals surface area contributed by atoms with Crippen molar-refractivity contribution >= 4 is 5.91 Å². The molecule has 16 heavy (non-hydrogen) atoms. The molecule has 1 fully saturated rings. The van der Waals surface area contributed by atoms with Crippen LogP contribution in [0.5, 0.6) is 0 Å². The van der Waals surface area contributed by atoms with E-state index < -0.39 is 0 Å². The molecule has 1 rings (SSSR count). The van der Waals surface area contributed by atoms with Gasteiger partial charge in [-0.2, -0.15) is 0 Å². The largest absolute Gasteiger partial charge is 0.326 e. The van der Waals surface area contributed by atoms with Crippen LogP contribution in [0.2, 0.25) is 0 Å². The number of nitrogens with one attached hydrogen (secondary N) is 1. The summed E-state index contributed by atoms with van der Waals surface area (Å²) < 4.78 is 0.